The molecule has 0 atom stereocenters. The van der Waals surface area contributed by atoms with Crippen LogP contribution in [0.4, 0.5) is 0 Å². The van der Waals surface area contributed by atoms with E-state index in [0.29, 0.717) is 0 Å². The predicted octanol–water partition coefficient (Wildman–Crippen LogP) is 1.33. The van der Waals surface area contributed by atoms with Crippen LogP contribution in [0.15, 0.2) is 0 Å². The fourth-order valence-corrected chi connectivity index (χ4v) is 1.51. The molecule has 0 heterocycles. The fraction of sp³-hybridized carbons (Fsp3) is 1.00. The number of ether oxygens (including phenoxy) is 1. The molecular formula is C7H16ClNO. The van der Waals surface area contributed by atoms with Crippen LogP contribution in [0.3, 0.4) is 0 Å². The second-order valence-corrected chi connectivity index (χ2v) is 3.00. The summed E-state index contributed by atoms with van der Waals surface area (Å²) in [5, 5.41) is 0. The first kappa shape index (κ1) is 10.2. The predicted molar refractivity (Wildman–Crippen MR) is 44.5 cm³/mol. The van der Waals surface area contributed by atoms with E-state index in [-0.39, 0.29) is 17.9 Å². The highest BCUT2D eigenvalue weighted by molar-refractivity contribution is 5.85. The van der Waals surface area contributed by atoms with Crippen LogP contribution in [-0.2, 0) is 4.74 Å². The lowest BCUT2D eigenvalue weighted by Crippen LogP contribution is -2.40. The third-order valence-electron chi connectivity index (χ3n) is 2.03. The van der Waals surface area contributed by atoms with Gasteiger partial charge in [-0.25, -0.2) is 0 Å². The molecule has 1 rings (SSSR count). The van der Waals surface area contributed by atoms with Gasteiger partial charge < -0.3 is 10.5 Å². The van der Waals surface area contributed by atoms with Crippen molar-refractivity contribution in [3.05, 3.63) is 0 Å². The van der Waals surface area contributed by atoms with Gasteiger partial charge in [-0.3, -0.25) is 0 Å². The Hall–Kier alpha value is 0.210. The Labute approximate surface area is 68.5 Å². The Morgan fingerprint density at radius 3 is 2.30 bits per heavy atom. The van der Waals surface area contributed by atoms with Crippen molar-refractivity contribution in [2.75, 3.05) is 13.7 Å². The Morgan fingerprint density at radius 2 is 1.90 bits per heavy atom. The molecule has 2 nitrogen and oxygen atoms in total. The third kappa shape index (κ3) is 2.45. The van der Waals surface area contributed by atoms with Gasteiger partial charge in [0.1, 0.15) is 0 Å². The largest absolute Gasteiger partial charge is 0.383 e. The molecular weight excluding hydrogens is 150 g/mol. The molecule has 0 unspecified atom stereocenters. The SMILES string of the molecule is COCC1(N)CCCC1.Cl. The topological polar surface area (TPSA) is 35.2 Å². The maximum Gasteiger partial charge on any atom is 0.0642 e. The van der Waals surface area contributed by atoms with Crippen molar-refractivity contribution in [2.24, 2.45) is 5.73 Å². The number of hydrogen-bond acceptors (Lipinski definition) is 2. The molecule has 2 N–H and O–H groups in total. The van der Waals surface area contributed by atoms with Gasteiger partial charge in [0.15, 0.2) is 0 Å². The lowest BCUT2D eigenvalue weighted by atomic mass is 10.0. The summed E-state index contributed by atoms with van der Waals surface area (Å²) >= 11 is 0. The van der Waals surface area contributed by atoms with Crippen LogP contribution in [0.5, 0.6) is 0 Å². The molecule has 10 heavy (non-hydrogen) atoms. The van der Waals surface area contributed by atoms with Gasteiger partial charge in [0.25, 0.3) is 0 Å². The Kier molecular flexibility index (Phi) is 4.25. The highest BCUT2D eigenvalue weighted by Gasteiger charge is 2.28. The van der Waals surface area contributed by atoms with E-state index in [1.54, 1.807) is 7.11 Å². The maximum atomic E-state index is 5.94. The van der Waals surface area contributed by atoms with Crippen LogP contribution < -0.4 is 5.73 Å². The Bertz CT molecular complexity index is 91.6. The van der Waals surface area contributed by atoms with Crippen molar-refractivity contribution >= 4 is 12.4 Å². The average molecular weight is 166 g/mol. The zero-order valence-corrected chi connectivity index (χ0v) is 7.25. The first-order valence-corrected chi connectivity index (χ1v) is 3.55. The summed E-state index contributed by atoms with van der Waals surface area (Å²) < 4.78 is 5.00. The quantitative estimate of drug-likeness (QED) is 0.670. The van der Waals surface area contributed by atoms with Crippen molar-refractivity contribution in [1.29, 1.82) is 0 Å². The summed E-state index contributed by atoms with van der Waals surface area (Å²) in [6, 6.07) is 0. The number of rotatable bonds is 2. The van der Waals surface area contributed by atoms with Gasteiger partial charge in [-0.1, -0.05) is 12.8 Å². The summed E-state index contributed by atoms with van der Waals surface area (Å²) in [4.78, 5) is 0. The van der Waals surface area contributed by atoms with Crippen molar-refractivity contribution in [3.63, 3.8) is 0 Å². The normalized spacial score (nSPS) is 22.2. The Morgan fingerprint density at radius 1 is 1.40 bits per heavy atom. The molecule has 0 bridgehead atoms. The van der Waals surface area contributed by atoms with Gasteiger partial charge in [0.2, 0.25) is 0 Å². The van der Waals surface area contributed by atoms with Crippen molar-refractivity contribution in [2.45, 2.75) is 31.2 Å². The summed E-state index contributed by atoms with van der Waals surface area (Å²) in [5.74, 6) is 0. The molecule has 0 saturated heterocycles. The molecule has 0 aliphatic heterocycles. The van der Waals surface area contributed by atoms with Gasteiger partial charge in [0.05, 0.1) is 6.61 Å². The second-order valence-electron chi connectivity index (χ2n) is 3.00. The van der Waals surface area contributed by atoms with E-state index in [0.717, 1.165) is 19.4 Å². The second kappa shape index (κ2) is 4.16. The molecule has 1 fully saturated rings. The van der Waals surface area contributed by atoms with Crippen LogP contribution in [-0.4, -0.2) is 19.3 Å². The van der Waals surface area contributed by atoms with Gasteiger partial charge in [-0.2, -0.15) is 0 Å². The van der Waals surface area contributed by atoms with Gasteiger partial charge in [-0.05, 0) is 12.8 Å². The summed E-state index contributed by atoms with van der Waals surface area (Å²) in [7, 11) is 1.72. The minimum absolute atomic E-state index is 0. The molecule has 3 heteroatoms. The molecule has 62 valence electrons. The van der Waals surface area contributed by atoms with E-state index >= 15 is 0 Å². The number of methoxy groups -OCH3 is 1. The fourth-order valence-electron chi connectivity index (χ4n) is 1.51. The van der Waals surface area contributed by atoms with Gasteiger partial charge >= 0.3 is 0 Å². The van der Waals surface area contributed by atoms with Gasteiger partial charge in [-0.15, -0.1) is 12.4 Å². The number of halogens is 1. The third-order valence-corrected chi connectivity index (χ3v) is 2.03. The van der Waals surface area contributed by atoms with Crippen molar-refractivity contribution in [3.8, 4) is 0 Å². The van der Waals surface area contributed by atoms with Crippen LogP contribution in [0.2, 0.25) is 0 Å². The van der Waals surface area contributed by atoms with E-state index in [1.807, 2.05) is 0 Å². The zero-order valence-electron chi connectivity index (χ0n) is 6.43. The molecule has 0 radical (unpaired) electrons. The number of hydrogen-bond donors (Lipinski definition) is 1. The van der Waals surface area contributed by atoms with Crippen LogP contribution in [0.25, 0.3) is 0 Å². The first-order valence-electron chi connectivity index (χ1n) is 3.55. The molecule has 0 aromatic heterocycles. The molecule has 1 aliphatic carbocycles. The molecule has 1 saturated carbocycles. The summed E-state index contributed by atoms with van der Waals surface area (Å²) in [5.41, 5.74) is 5.97. The van der Waals surface area contributed by atoms with Crippen LogP contribution >= 0.6 is 12.4 Å². The molecule has 0 aromatic carbocycles. The van der Waals surface area contributed by atoms with Crippen LogP contribution in [0, 0.1) is 0 Å². The summed E-state index contributed by atoms with van der Waals surface area (Å²) in [6.07, 6.45) is 4.83. The van der Waals surface area contributed by atoms with Crippen LogP contribution in [0.1, 0.15) is 25.7 Å². The molecule has 0 spiro atoms. The van der Waals surface area contributed by atoms with E-state index in [4.69, 9.17) is 10.5 Å². The summed E-state index contributed by atoms with van der Waals surface area (Å²) in [6.45, 7) is 0.729. The van der Waals surface area contributed by atoms with E-state index in [2.05, 4.69) is 0 Å². The Balaban J connectivity index is 0.000000810. The molecule has 0 aromatic rings. The van der Waals surface area contributed by atoms with Gasteiger partial charge in [0, 0.05) is 12.6 Å². The number of nitrogens with two attached hydrogens (primary N) is 1. The molecule has 0 amide bonds. The average Bonchev–Trinajstić information content (AvgIpc) is 2.16. The minimum Gasteiger partial charge on any atom is -0.383 e. The zero-order chi connectivity index (χ0) is 6.74. The highest BCUT2D eigenvalue weighted by Crippen LogP contribution is 2.26. The lowest BCUT2D eigenvalue weighted by molar-refractivity contribution is 0.135. The standard InChI is InChI=1S/C7H15NO.ClH/c1-9-6-7(8)4-2-3-5-7;/h2-6,8H2,1H3;1H. The lowest BCUT2D eigenvalue weighted by Gasteiger charge is -2.21. The van der Waals surface area contributed by atoms with E-state index in [9.17, 15) is 0 Å². The first-order chi connectivity index (χ1) is 4.27. The van der Waals surface area contributed by atoms with Crippen molar-refractivity contribution in [1.82, 2.24) is 0 Å². The minimum atomic E-state index is 0. The smallest absolute Gasteiger partial charge is 0.0642 e. The highest BCUT2D eigenvalue weighted by atomic mass is 35.5. The maximum absolute atomic E-state index is 5.94. The monoisotopic (exact) mass is 165 g/mol. The van der Waals surface area contributed by atoms with E-state index < -0.39 is 0 Å². The van der Waals surface area contributed by atoms with Crippen molar-refractivity contribution < 1.29 is 4.74 Å². The molecule has 1 aliphatic rings. The van der Waals surface area contributed by atoms with E-state index in [1.165, 1.54) is 12.8 Å².